The molecule has 1 aliphatic heterocycles. The van der Waals surface area contributed by atoms with Crippen molar-refractivity contribution in [2.45, 2.75) is 20.8 Å². The molecular formula is C21H27ClN4O. The molecule has 1 saturated heterocycles. The molecule has 0 bridgehead atoms. The van der Waals surface area contributed by atoms with Crippen molar-refractivity contribution in [3.63, 3.8) is 0 Å². The number of urea groups is 1. The van der Waals surface area contributed by atoms with Crippen LogP contribution in [0.25, 0.3) is 0 Å². The molecule has 1 aliphatic rings. The van der Waals surface area contributed by atoms with Gasteiger partial charge < -0.3 is 20.4 Å². The summed E-state index contributed by atoms with van der Waals surface area (Å²) < 4.78 is 0. The number of benzene rings is 2. The Morgan fingerprint density at radius 1 is 1.00 bits per heavy atom. The van der Waals surface area contributed by atoms with E-state index in [1.165, 1.54) is 5.69 Å². The summed E-state index contributed by atoms with van der Waals surface area (Å²) in [6.45, 7) is 11.5. The maximum atomic E-state index is 12.3. The number of rotatable bonds is 4. The summed E-state index contributed by atoms with van der Waals surface area (Å²) in [5.41, 5.74) is 4.71. The Labute approximate surface area is 166 Å². The van der Waals surface area contributed by atoms with Gasteiger partial charge in [0.05, 0.1) is 0 Å². The minimum absolute atomic E-state index is 0.276. The van der Waals surface area contributed by atoms with E-state index in [-0.39, 0.29) is 6.03 Å². The van der Waals surface area contributed by atoms with Crippen molar-refractivity contribution in [2.75, 3.05) is 48.3 Å². The molecule has 1 fully saturated rings. The normalized spacial score (nSPS) is 14.9. The summed E-state index contributed by atoms with van der Waals surface area (Å²) in [6, 6.07) is 11.4. The SMILES string of the molecule is CCN1CCN(c2ccc(NC(=O)Nc3ccc(C)c(Cl)c3)c(C)c2)CC1. The van der Waals surface area contributed by atoms with E-state index in [1.54, 1.807) is 6.07 Å². The van der Waals surface area contributed by atoms with Gasteiger partial charge in [0, 0.05) is 48.3 Å². The lowest BCUT2D eigenvalue weighted by atomic mass is 10.1. The lowest BCUT2D eigenvalue weighted by Gasteiger charge is -2.35. The van der Waals surface area contributed by atoms with Gasteiger partial charge in [0.15, 0.2) is 0 Å². The van der Waals surface area contributed by atoms with E-state index in [9.17, 15) is 4.79 Å². The Hall–Kier alpha value is -2.24. The van der Waals surface area contributed by atoms with Crippen LogP contribution in [0.3, 0.4) is 0 Å². The third kappa shape index (κ3) is 4.93. The van der Waals surface area contributed by atoms with Gasteiger partial charge in [-0.15, -0.1) is 0 Å². The number of nitrogens with zero attached hydrogens (tertiary/aromatic N) is 2. The van der Waals surface area contributed by atoms with Crippen LogP contribution in [0.4, 0.5) is 21.9 Å². The van der Waals surface area contributed by atoms with E-state index in [0.717, 1.165) is 49.5 Å². The molecule has 5 nitrogen and oxygen atoms in total. The predicted molar refractivity (Wildman–Crippen MR) is 114 cm³/mol. The Balaban J connectivity index is 1.62. The molecule has 6 heteroatoms. The number of nitrogens with one attached hydrogen (secondary N) is 2. The van der Waals surface area contributed by atoms with Crippen LogP contribution in [0.5, 0.6) is 0 Å². The molecule has 0 atom stereocenters. The van der Waals surface area contributed by atoms with Gasteiger partial charge in [-0.25, -0.2) is 4.79 Å². The summed E-state index contributed by atoms with van der Waals surface area (Å²) in [7, 11) is 0. The minimum Gasteiger partial charge on any atom is -0.369 e. The number of piperazine rings is 1. The van der Waals surface area contributed by atoms with Crippen LogP contribution >= 0.6 is 11.6 Å². The molecular weight excluding hydrogens is 360 g/mol. The fourth-order valence-corrected chi connectivity index (χ4v) is 3.44. The molecule has 2 amide bonds. The van der Waals surface area contributed by atoms with Gasteiger partial charge in [-0.05, 0) is 61.9 Å². The van der Waals surface area contributed by atoms with Gasteiger partial charge >= 0.3 is 6.03 Å². The molecule has 27 heavy (non-hydrogen) atoms. The van der Waals surface area contributed by atoms with Crippen molar-refractivity contribution in [3.05, 3.63) is 52.5 Å². The van der Waals surface area contributed by atoms with Crippen molar-refractivity contribution in [1.82, 2.24) is 4.90 Å². The Morgan fingerprint density at radius 2 is 1.74 bits per heavy atom. The molecule has 2 aromatic rings. The summed E-state index contributed by atoms with van der Waals surface area (Å²) in [6.07, 6.45) is 0. The second-order valence-corrected chi connectivity index (χ2v) is 7.37. The van der Waals surface area contributed by atoms with E-state index in [0.29, 0.717) is 10.7 Å². The third-order valence-electron chi connectivity index (χ3n) is 5.07. The van der Waals surface area contributed by atoms with Crippen molar-refractivity contribution in [1.29, 1.82) is 0 Å². The molecule has 2 aromatic carbocycles. The van der Waals surface area contributed by atoms with Crippen LogP contribution < -0.4 is 15.5 Å². The molecule has 0 aliphatic carbocycles. The number of anilines is 3. The standard InChI is InChI=1S/C21H27ClN4O/c1-4-25-9-11-26(12-10-25)18-7-8-20(16(3)13-18)24-21(27)23-17-6-5-15(2)19(22)14-17/h5-8,13-14H,4,9-12H2,1-3H3,(H2,23,24,27). The zero-order valence-electron chi connectivity index (χ0n) is 16.2. The first-order valence-corrected chi connectivity index (χ1v) is 9.76. The molecule has 0 unspecified atom stereocenters. The summed E-state index contributed by atoms with van der Waals surface area (Å²) >= 11 is 6.11. The number of halogens is 1. The third-order valence-corrected chi connectivity index (χ3v) is 5.48. The maximum Gasteiger partial charge on any atom is 0.323 e. The number of aryl methyl sites for hydroxylation is 2. The average molecular weight is 387 g/mol. The number of carbonyl (C=O) groups excluding carboxylic acids is 1. The quantitative estimate of drug-likeness (QED) is 0.797. The molecule has 0 radical (unpaired) electrons. The van der Waals surface area contributed by atoms with Crippen LogP contribution in [0.2, 0.25) is 5.02 Å². The van der Waals surface area contributed by atoms with Crippen molar-refractivity contribution in [2.24, 2.45) is 0 Å². The number of carbonyl (C=O) groups is 1. The summed E-state index contributed by atoms with van der Waals surface area (Å²) in [5.74, 6) is 0. The van der Waals surface area contributed by atoms with Gasteiger partial charge in [-0.3, -0.25) is 0 Å². The highest BCUT2D eigenvalue weighted by Gasteiger charge is 2.16. The van der Waals surface area contributed by atoms with Crippen LogP contribution in [-0.4, -0.2) is 43.7 Å². The first-order chi connectivity index (χ1) is 13.0. The van der Waals surface area contributed by atoms with Crippen LogP contribution in [0.1, 0.15) is 18.1 Å². The Bertz CT molecular complexity index is 816. The first kappa shape index (κ1) is 19.5. The molecule has 2 N–H and O–H groups in total. The van der Waals surface area contributed by atoms with Gasteiger partial charge in [0.1, 0.15) is 0 Å². The number of likely N-dealkylation sites (N-methyl/N-ethyl adjacent to an activating group) is 1. The van der Waals surface area contributed by atoms with E-state index in [2.05, 4.69) is 39.5 Å². The highest BCUT2D eigenvalue weighted by Crippen LogP contribution is 2.24. The largest absolute Gasteiger partial charge is 0.369 e. The molecule has 0 saturated carbocycles. The second kappa shape index (κ2) is 8.63. The fraction of sp³-hybridized carbons (Fsp3) is 0.381. The van der Waals surface area contributed by atoms with Gasteiger partial charge in [0.25, 0.3) is 0 Å². The molecule has 0 aromatic heterocycles. The predicted octanol–water partition coefficient (Wildman–Crippen LogP) is 4.74. The van der Waals surface area contributed by atoms with E-state index in [4.69, 9.17) is 11.6 Å². The van der Waals surface area contributed by atoms with Crippen LogP contribution in [-0.2, 0) is 0 Å². The number of amides is 2. The smallest absolute Gasteiger partial charge is 0.323 e. The van der Waals surface area contributed by atoms with Crippen molar-refractivity contribution < 1.29 is 4.79 Å². The van der Waals surface area contributed by atoms with Crippen LogP contribution in [0.15, 0.2) is 36.4 Å². The van der Waals surface area contributed by atoms with E-state index in [1.807, 2.05) is 32.0 Å². The molecule has 0 spiro atoms. The van der Waals surface area contributed by atoms with Gasteiger partial charge in [-0.2, -0.15) is 0 Å². The molecule has 144 valence electrons. The lowest BCUT2D eigenvalue weighted by Crippen LogP contribution is -2.46. The minimum atomic E-state index is -0.276. The highest BCUT2D eigenvalue weighted by molar-refractivity contribution is 6.31. The van der Waals surface area contributed by atoms with Crippen molar-refractivity contribution in [3.8, 4) is 0 Å². The zero-order valence-corrected chi connectivity index (χ0v) is 16.9. The number of hydrogen-bond acceptors (Lipinski definition) is 3. The van der Waals surface area contributed by atoms with Gasteiger partial charge in [0.2, 0.25) is 0 Å². The topological polar surface area (TPSA) is 47.6 Å². The summed E-state index contributed by atoms with van der Waals surface area (Å²) in [4.78, 5) is 17.2. The molecule has 1 heterocycles. The van der Waals surface area contributed by atoms with Crippen molar-refractivity contribution >= 4 is 34.7 Å². The van der Waals surface area contributed by atoms with E-state index >= 15 is 0 Å². The lowest BCUT2D eigenvalue weighted by molar-refractivity contribution is 0.262. The highest BCUT2D eigenvalue weighted by atomic mass is 35.5. The van der Waals surface area contributed by atoms with Crippen LogP contribution in [0, 0.1) is 13.8 Å². The Kier molecular flexibility index (Phi) is 6.24. The Morgan fingerprint density at radius 3 is 2.37 bits per heavy atom. The first-order valence-electron chi connectivity index (χ1n) is 9.38. The fourth-order valence-electron chi connectivity index (χ4n) is 3.26. The average Bonchev–Trinajstić information content (AvgIpc) is 2.66. The maximum absolute atomic E-state index is 12.3. The second-order valence-electron chi connectivity index (χ2n) is 6.96. The van der Waals surface area contributed by atoms with Gasteiger partial charge in [-0.1, -0.05) is 24.6 Å². The monoisotopic (exact) mass is 386 g/mol. The zero-order chi connectivity index (χ0) is 19.4. The van der Waals surface area contributed by atoms with E-state index < -0.39 is 0 Å². The molecule has 3 rings (SSSR count). The summed E-state index contributed by atoms with van der Waals surface area (Å²) in [5, 5.41) is 6.38. The number of hydrogen-bond donors (Lipinski definition) is 2.